The zero-order valence-corrected chi connectivity index (χ0v) is 20.2. The van der Waals surface area contributed by atoms with Crippen molar-refractivity contribution < 1.29 is 23.5 Å². The summed E-state index contributed by atoms with van der Waals surface area (Å²) in [6.07, 6.45) is 2.25. The lowest BCUT2D eigenvalue weighted by Crippen LogP contribution is -2.34. The molecule has 1 atom stereocenters. The second-order valence-electron chi connectivity index (χ2n) is 8.73. The maximum atomic E-state index is 14.5. The summed E-state index contributed by atoms with van der Waals surface area (Å²) in [5.74, 6) is -0.748. The number of anilines is 1. The molecule has 2 N–H and O–H groups in total. The molecule has 1 fully saturated rings. The maximum absolute atomic E-state index is 14.5. The van der Waals surface area contributed by atoms with E-state index in [4.69, 9.17) is 4.74 Å². The molecule has 188 valence electrons. The number of carbonyl (C=O) groups excluding carboxylic acids is 3. The first-order chi connectivity index (χ1) is 17.4. The average Bonchev–Trinajstić information content (AvgIpc) is 3.51. The Morgan fingerprint density at radius 1 is 1.22 bits per heavy atom. The molecule has 1 aromatic heterocycles. The van der Waals surface area contributed by atoms with E-state index in [-0.39, 0.29) is 49.0 Å². The fourth-order valence-electron chi connectivity index (χ4n) is 4.19. The summed E-state index contributed by atoms with van der Waals surface area (Å²) < 4.78 is 19.9. The highest BCUT2D eigenvalue weighted by Gasteiger charge is 2.33. The molecule has 1 saturated heterocycles. The van der Waals surface area contributed by atoms with E-state index in [1.807, 2.05) is 25.1 Å². The third-order valence-corrected chi connectivity index (χ3v) is 6.03. The van der Waals surface area contributed by atoms with Crippen LogP contribution in [0.25, 0.3) is 11.4 Å². The largest absolute Gasteiger partial charge is 0.442 e. The lowest BCUT2D eigenvalue weighted by molar-refractivity contribution is -0.121. The summed E-state index contributed by atoms with van der Waals surface area (Å²) in [6, 6.07) is 10.1. The Bertz CT molecular complexity index is 1260. The van der Waals surface area contributed by atoms with Crippen molar-refractivity contribution in [2.24, 2.45) is 0 Å². The van der Waals surface area contributed by atoms with E-state index in [2.05, 4.69) is 27.4 Å². The monoisotopic (exact) mass is 493 g/mol. The molecule has 0 bridgehead atoms. The fraction of sp³-hybridized carbons (Fsp3) is 0.346. The second-order valence-corrected chi connectivity index (χ2v) is 8.73. The van der Waals surface area contributed by atoms with Crippen LogP contribution in [0.4, 0.5) is 14.9 Å². The van der Waals surface area contributed by atoms with Crippen LogP contribution in [0.2, 0.25) is 0 Å². The van der Waals surface area contributed by atoms with Gasteiger partial charge in [-0.1, -0.05) is 31.5 Å². The van der Waals surface area contributed by atoms with Gasteiger partial charge in [-0.3, -0.25) is 19.6 Å². The van der Waals surface area contributed by atoms with E-state index >= 15 is 0 Å². The minimum absolute atomic E-state index is 0.0350. The molecular formula is C26H28FN5O4. The maximum Gasteiger partial charge on any atom is 0.414 e. The van der Waals surface area contributed by atoms with E-state index < -0.39 is 18.0 Å². The van der Waals surface area contributed by atoms with Gasteiger partial charge in [-0.2, -0.15) is 5.10 Å². The number of aromatic nitrogens is 3. The average molecular weight is 494 g/mol. The molecular weight excluding hydrogens is 465 g/mol. The number of amides is 2. The molecule has 2 aromatic carbocycles. The Morgan fingerprint density at radius 3 is 2.75 bits per heavy atom. The zero-order valence-electron chi connectivity index (χ0n) is 20.2. The Labute approximate surface area is 208 Å². The van der Waals surface area contributed by atoms with Gasteiger partial charge in [0, 0.05) is 18.4 Å². The van der Waals surface area contributed by atoms with Gasteiger partial charge in [0.1, 0.15) is 18.2 Å². The van der Waals surface area contributed by atoms with Gasteiger partial charge in [-0.15, -0.1) is 0 Å². The first-order valence-corrected chi connectivity index (χ1v) is 11.9. The molecule has 4 rings (SSSR count). The summed E-state index contributed by atoms with van der Waals surface area (Å²) in [6.45, 7) is 4.26. The van der Waals surface area contributed by atoms with Gasteiger partial charge in [-0.25, -0.2) is 14.2 Å². The van der Waals surface area contributed by atoms with Crippen molar-refractivity contribution in [3.05, 3.63) is 65.2 Å². The second kappa shape index (κ2) is 11.1. The van der Waals surface area contributed by atoms with Gasteiger partial charge in [-0.05, 0) is 42.7 Å². The summed E-state index contributed by atoms with van der Waals surface area (Å²) in [5, 5.41) is 9.10. The Hall–Kier alpha value is -4.08. The van der Waals surface area contributed by atoms with Crippen LogP contribution < -0.4 is 10.2 Å². The number of hydrogen-bond acceptors (Lipinski definition) is 6. The smallest absolute Gasteiger partial charge is 0.414 e. The number of aromatic amines is 1. The molecule has 0 aliphatic carbocycles. The highest BCUT2D eigenvalue weighted by atomic mass is 19.1. The van der Waals surface area contributed by atoms with Crippen molar-refractivity contribution in [1.82, 2.24) is 20.5 Å². The standard InChI is InChI=1S/C26H28FN5O4/c1-3-4-17-5-7-20(16(2)11-17)23(33)9-10-24(34)28-13-19-14-32(26(35)36-19)18-6-8-21(22(27)12-18)25-29-15-30-31-25/h5-8,11-12,15,19H,3-4,9-10,13-14H2,1-2H3,(H,28,34)(H,29,30,31). The zero-order chi connectivity index (χ0) is 25.7. The number of rotatable bonds is 10. The lowest BCUT2D eigenvalue weighted by atomic mass is 9.97. The van der Waals surface area contributed by atoms with Crippen LogP contribution in [0.3, 0.4) is 0 Å². The molecule has 1 unspecified atom stereocenters. The van der Waals surface area contributed by atoms with Gasteiger partial charge in [0.05, 0.1) is 24.3 Å². The van der Waals surface area contributed by atoms with Crippen LogP contribution in [0.5, 0.6) is 0 Å². The van der Waals surface area contributed by atoms with Crippen LogP contribution in [-0.2, 0) is 16.0 Å². The van der Waals surface area contributed by atoms with Crippen LogP contribution in [-0.4, -0.2) is 52.2 Å². The predicted octanol–water partition coefficient (Wildman–Crippen LogP) is 3.98. The number of nitrogens with one attached hydrogen (secondary N) is 2. The number of ketones is 1. The van der Waals surface area contributed by atoms with Crippen LogP contribution >= 0.6 is 0 Å². The molecule has 2 amide bonds. The molecule has 1 aliphatic rings. The quantitative estimate of drug-likeness (QED) is 0.413. The van der Waals surface area contributed by atoms with Crippen LogP contribution in [0.1, 0.15) is 47.7 Å². The highest BCUT2D eigenvalue weighted by Crippen LogP contribution is 2.27. The first kappa shape index (κ1) is 25.0. The highest BCUT2D eigenvalue weighted by molar-refractivity contribution is 5.99. The number of benzene rings is 2. The first-order valence-electron chi connectivity index (χ1n) is 11.9. The topological polar surface area (TPSA) is 117 Å². The van der Waals surface area contributed by atoms with Crippen LogP contribution in [0, 0.1) is 12.7 Å². The predicted molar refractivity (Wildman–Crippen MR) is 131 cm³/mol. The number of H-pyrrole nitrogens is 1. The van der Waals surface area contributed by atoms with Crippen molar-refractivity contribution >= 4 is 23.5 Å². The van der Waals surface area contributed by atoms with Crippen molar-refractivity contribution in [3.63, 3.8) is 0 Å². The molecule has 9 nitrogen and oxygen atoms in total. The summed E-state index contributed by atoms with van der Waals surface area (Å²) in [7, 11) is 0. The number of ether oxygens (including phenoxy) is 1. The molecule has 0 spiro atoms. The number of carbonyl (C=O) groups is 3. The van der Waals surface area contributed by atoms with Crippen molar-refractivity contribution in [3.8, 4) is 11.4 Å². The van der Waals surface area contributed by atoms with E-state index in [1.165, 1.54) is 28.9 Å². The number of cyclic esters (lactones) is 1. The molecule has 10 heteroatoms. The normalized spacial score (nSPS) is 15.1. The summed E-state index contributed by atoms with van der Waals surface area (Å²) in [4.78, 5) is 42.4. The third kappa shape index (κ3) is 5.76. The molecule has 1 aliphatic heterocycles. The van der Waals surface area contributed by atoms with Crippen molar-refractivity contribution in [2.45, 2.75) is 45.6 Å². The van der Waals surface area contributed by atoms with Crippen molar-refractivity contribution in [1.29, 1.82) is 0 Å². The summed E-state index contributed by atoms with van der Waals surface area (Å²) >= 11 is 0. The van der Waals surface area contributed by atoms with Crippen LogP contribution in [0.15, 0.2) is 42.7 Å². The van der Waals surface area contributed by atoms with Crippen molar-refractivity contribution in [2.75, 3.05) is 18.0 Å². The van der Waals surface area contributed by atoms with E-state index in [9.17, 15) is 18.8 Å². The molecule has 3 aromatic rings. The number of hydrogen-bond donors (Lipinski definition) is 2. The lowest BCUT2D eigenvalue weighted by Gasteiger charge is -2.14. The molecule has 2 heterocycles. The minimum atomic E-state index is -0.628. The molecule has 0 saturated carbocycles. The van der Waals surface area contributed by atoms with Gasteiger partial charge in [0.15, 0.2) is 11.6 Å². The van der Waals surface area contributed by atoms with Gasteiger partial charge < -0.3 is 10.1 Å². The van der Waals surface area contributed by atoms with Gasteiger partial charge in [0.25, 0.3) is 0 Å². The third-order valence-electron chi connectivity index (χ3n) is 6.03. The van der Waals surface area contributed by atoms with E-state index in [0.29, 0.717) is 11.3 Å². The van der Waals surface area contributed by atoms with Gasteiger partial charge in [0.2, 0.25) is 5.91 Å². The number of Topliss-reactive ketones (excluding diaryl/α,β-unsaturated/α-hetero) is 1. The Morgan fingerprint density at radius 2 is 2.06 bits per heavy atom. The number of nitrogens with zero attached hydrogens (tertiary/aromatic N) is 3. The number of halogens is 1. The van der Waals surface area contributed by atoms with E-state index in [1.54, 1.807) is 6.07 Å². The Kier molecular flexibility index (Phi) is 7.72. The number of aryl methyl sites for hydroxylation is 2. The summed E-state index contributed by atoms with van der Waals surface area (Å²) in [5.41, 5.74) is 3.27. The molecule has 36 heavy (non-hydrogen) atoms. The van der Waals surface area contributed by atoms with Gasteiger partial charge >= 0.3 is 6.09 Å². The minimum Gasteiger partial charge on any atom is -0.442 e. The Balaban J connectivity index is 1.26. The SMILES string of the molecule is CCCc1ccc(C(=O)CCC(=O)NCC2CN(c3ccc(-c4nc[nH]n4)c(F)c3)C(=O)O2)c(C)c1. The fourth-order valence-corrected chi connectivity index (χ4v) is 4.19. The van der Waals surface area contributed by atoms with E-state index in [0.717, 1.165) is 18.4 Å². The molecule has 0 radical (unpaired) electrons.